The quantitative estimate of drug-likeness (QED) is 0.604. The summed E-state index contributed by atoms with van der Waals surface area (Å²) in [6.07, 6.45) is 2.88. The number of hydrogen-bond acceptors (Lipinski definition) is 7. The van der Waals surface area contributed by atoms with Crippen LogP contribution in [-0.2, 0) is 6.54 Å². The SMILES string of the molecule is COc1ccc(CN2C[C@@H]3CN(c4ncc(C(=O)NO)cn4)C[C@@H]3C2)cc1. The van der Waals surface area contributed by atoms with E-state index < -0.39 is 5.91 Å². The standard InChI is InChI=1S/C19H23N5O3/c1-27-17-4-2-13(3-5-17)8-23-9-15-11-24(12-16(15)10-23)19-20-6-14(7-21-19)18(25)22-26/h2-7,15-16,26H,8-12H2,1H3,(H,22,25)/t15-,16+. The molecule has 27 heavy (non-hydrogen) atoms. The minimum Gasteiger partial charge on any atom is -0.497 e. The maximum Gasteiger partial charge on any atom is 0.277 e. The van der Waals surface area contributed by atoms with Crippen LogP contribution in [0.5, 0.6) is 5.75 Å². The number of carbonyl (C=O) groups excluding carboxylic acids is 1. The summed E-state index contributed by atoms with van der Waals surface area (Å²) in [5.41, 5.74) is 3.13. The molecule has 0 aliphatic carbocycles. The van der Waals surface area contributed by atoms with Crippen LogP contribution >= 0.6 is 0 Å². The molecule has 0 bridgehead atoms. The second-order valence-electron chi connectivity index (χ2n) is 7.18. The first kappa shape index (κ1) is 17.7. The average Bonchev–Trinajstić information content (AvgIpc) is 3.26. The summed E-state index contributed by atoms with van der Waals surface area (Å²) in [6, 6.07) is 8.26. The van der Waals surface area contributed by atoms with Crippen LogP contribution in [0.15, 0.2) is 36.7 Å². The van der Waals surface area contributed by atoms with Crippen LogP contribution in [0.25, 0.3) is 0 Å². The van der Waals surface area contributed by atoms with Crippen molar-refractivity contribution in [2.24, 2.45) is 11.8 Å². The second-order valence-corrected chi connectivity index (χ2v) is 7.18. The van der Waals surface area contributed by atoms with Gasteiger partial charge in [0.05, 0.1) is 12.7 Å². The lowest BCUT2D eigenvalue weighted by Gasteiger charge is -2.21. The Kier molecular flexibility index (Phi) is 4.91. The van der Waals surface area contributed by atoms with Crippen LogP contribution in [0.2, 0.25) is 0 Å². The Labute approximate surface area is 157 Å². The normalized spacial score (nSPS) is 21.9. The molecular formula is C19H23N5O3. The number of nitrogens with one attached hydrogen (secondary N) is 1. The van der Waals surface area contributed by atoms with Crippen LogP contribution < -0.4 is 15.1 Å². The number of ether oxygens (including phenoxy) is 1. The van der Waals surface area contributed by atoms with Crippen LogP contribution in [0.4, 0.5) is 5.95 Å². The molecule has 4 rings (SSSR count). The average molecular weight is 369 g/mol. The summed E-state index contributed by atoms with van der Waals surface area (Å²) in [6.45, 7) is 4.94. The van der Waals surface area contributed by atoms with Gasteiger partial charge in [-0.1, -0.05) is 12.1 Å². The summed E-state index contributed by atoms with van der Waals surface area (Å²) in [7, 11) is 1.68. The number of methoxy groups -OCH3 is 1. The molecule has 0 spiro atoms. The molecule has 2 aromatic rings. The van der Waals surface area contributed by atoms with Gasteiger partial charge in [-0.15, -0.1) is 0 Å². The molecular weight excluding hydrogens is 346 g/mol. The zero-order valence-corrected chi connectivity index (χ0v) is 15.2. The molecule has 8 nitrogen and oxygen atoms in total. The van der Waals surface area contributed by atoms with E-state index in [1.807, 2.05) is 12.1 Å². The van der Waals surface area contributed by atoms with Gasteiger partial charge < -0.3 is 9.64 Å². The van der Waals surface area contributed by atoms with Crippen LogP contribution in [0.3, 0.4) is 0 Å². The summed E-state index contributed by atoms with van der Waals surface area (Å²) >= 11 is 0. The number of anilines is 1. The van der Waals surface area contributed by atoms with Crippen molar-refractivity contribution < 1.29 is 14.7 Å². The van der Waals surface area contributed by atoms with Gasteiger partial charge in [0.25, 0.3) is 5.91 Å². The van der Waals surface area contributed by atoms with E-state index in [0.717, 1.165) is 38.5 Å². The molecule has 8 heteroatoms. The minimum atomic E-state index is -0.603. The molecule has 1 amide bonds. The largest absolute Gasteiger partial charge is 0.497 e. The fraction of sp³-hybridized carbons (Fsp3) is 0.421. The molecule has 3 heterocycles. The first-order valence-electron chi connectivity index (χ1n) is 9.03. The number of nitrogens with zero attached hydrogens (tertiary/aromatic N) is 4. The molecule has 0 saturated carbocycles. The number of hydrogen-bond donors (Lipinski definition) is 2. The first-order valence-corrected chi connectivity index (χ1v) is 9.03. The molecule has 142 valence electrons. The minimum absolute atomic E-state index is 0.242. The molecule has 1 aromatic carbocycles. The van der Waals surface area contributed by atoms with Crippen molar-refractivity contribution in [2.45, 2.75) is 6.54 Å². The van der Waals surface area contributed by atoms with Gasteiger partial charge in [-0.05, 0) is 29.5 Å². The third-order valence-corrected chi connectivity index (χ3v) is 5.41. The van der Waals surface area contributed by atoms with E-state index in [9.17, 15) is 4.79 Å². The Balaban J connectivity index is 1.33. The summed E-state index contributed by atoms with van der Waals surface area (Å²) < 4.78 is 5.21. The molecule has 2 N–H and O–H groups in total. The molecule has 1 aromatic heterocycles. The number of fused-ring (bicyclic) bond motifs is 1. The van der Waals surface area contributed by atoms with Crippen LogP contribution in [0.1, 0.15) is 15.9 Å². The van der Waals surface area contributed by atoms with E-state index in [1.165, 1.54) is 18.0 Å². The van der Waals surface area contributed by atoms with Gasteiger partial charge >= 0.3 is 0 Å². The van der Waals surface area contributed by atoms with Gasteiger partial charge in [0, 0.05) is 45.1 Å². The van der Waals surface area contributed by atoms with Crippen molar-refractivity contribution in [1.29, 1.82) is 0 Å². The van der Waals surface area contributed by atoms with Gasteiger partial charge in [0.2, 0.25) is 5.95 Å². The summed E-state index contributed by atoms with van der Waals surface area (Å²) in [4.78, 5) is 24.6. The monoisotopic (exact) mass is 369 g/mol. The number of rotatable bonds is 5. The Morgan fingerprint density at radius 1 is 1.15 bits per heavy atom. The van der Waals surface area contributed by atoms with E-state index in [4.69, 9.17) is 9.94 Å². The number of aromatic nitrogens is 2. The van der Waals surface area contributed by atoms with Gasteiger partial charge in [-0.2, -0.15) is 0 Å². The Morgan fingerprint density at radius 3 is 2.33 bits per heavy atom. The van der Waals surface area contributed by atoms with Crippen molar-refractivity contribution in [1.82, 2.24) is 20.3 Å². The Morgan fingerprint density at radius 2 is 1.78 bits per heavy atom. The number of hydroxylamine groups is 1. The molecule has 2 saturated heterocycles. The molecule has 2 atom stereocenters. The lowest BCUT2D eigenvalue weighted by atomic mass is 10.0. The van der Waals surface area contributed by atoms with Gasteiger partial charge in [-0.3, -0.25) is 14.9 Å². The van der Waals surface area contributed by atoms with Gasteiger partial charge in [0.15, 0.2) is 0 Å². The molecule has 0 unspecified atom stereocenters. The van der Waals surface area contributed by atoms with Crippen LogP contribution in [0, 0.1) is 11.8 Å². The van der Waals surface area contributed by atoms with Crippen molar-refractivity contribution in [3.05, 3.63) is 47.8 Å². The van der Waals surface area contributed by atoms with Gasteiger partial charge in [0.1, 0.15) is 5.75 Å². The Hall–Kier alpha value is -2.71. The predicted octanol–water partition coefficient (Wildman–Crippen LogP) is 1.17. The maximum atomic E-state index is 11.4. The molecule has 0 radical (unpaired) electrons. The Bertz CT molecular complexity index is 782. The maximum absolute atomic E-state index is 11.4. The highest BCUT2D eigenvalue weighted by Gasteiger charge is 2.40. The van der Waals surface area contributed by atoms with Gasteiger partial charge in [-0.25, -0.2) is 15.4 Å². The highest BCUT2D eigenvalue weighted by atomic mass is 16.5. The lowest BCUT2D eigenvalue weighted by molar-refractivity contribution is 0.0705. The van der Waals surface area contributed by atoms with Crippen molar-refractivity contribution >= 4 is 11.9 Å². The third-order valence-electron chi connectivity index (χ3n) is 5.41. The topological polar surface area (TPSA) is 90.8 Å². The van der Waals surface area contributed by atoms with E-state index in [1.54, 1.807) is 12.6 Å². The molecule has 2 fully saturated rings. The fourth-order valence-corrected chi connectivity index (χ4v) is 4.04. The number of benzene rings is 1. The molecule has 2 aliphatic heterocycles. The first-order chi connectivity index (χ1) is 13.2. The highest BCUT2D eigenvalue weighted by Crippen LogP contribution is 2.33. The van der Waals surface area contributed by atoms with E-state index >= 15 is 0 Å². The third kappa shape index (κ3) is 3.72. The summed E-state index contributed by atoms with van der Waals surface area (Å²) in [5, 5.41) is 8.66. The lowest BCUT2D eigenvalue weighted by Crippen LogP contribution is -2.29. The number of carbonyl (C=O) groups is 1. The predicted molar refractivity (Wildman–Crippen MR) is 98.7 cm³/mol. The van der Waals surface area contributed by atoms with E-state index in [2.05, 4.69) is 31.9 Å². The van der Waals surface area contributed by atoms with Crippen molar-refractivity contribution in [2.75, 3.05) is 38.2 Å². The second kappa shape index (κ2) is 7.50. The number of likely N-dealkylation sites (tertiary alicyclic amines) is 1. The van der Waals surface area contributed by atoms with E-state index in [-0.39, 0.29) is 5.56 Å². The van der Waals surface area contributed by atoms with E-state index in [0.29, 0.717) is 17.8 Å². The number of amides is 1. The van der Waals surface area contributed by atoms with Crippen LogP contribution in [-0.4, -0.2) is 59.3 Å². The zero-order valence-electron chi connectivity index (χ0n) is 15.2. The fourth-order valence-electron chi connectivity index (χ4n) is 4.04. The summed E-state index contributed by atoms with van der Waals surface area (Å²) in [5.74, 6) is 2.13. The smallest absolute Gasteiger partial charge is 0.277 e. The zero-order chi connectivity index (χ0) is 18.8. The highest BCUT2D eigenvalue weighted by molar-refractivity contribution is 5.92. The molecule has 2 aliphatic rings. The van der Waals surface area contributed by atoms with Crippen molar-refractivity contribution in [3.8, 4) is 5.75 Å². The van der Waals surface area contributed by atoms with Crippen molar-refractivity contribution in [3.63, 3.8) is 0 Å².